The van der Waals surface area contributed by atoms with Crippen LogP contribution in [0.5, 0.6) is 5.75 Å². The third-order valence-electron chi connectivity index (χ3n) is 2.02. The Morgan fingerprint density at radius 2 is 2.00 bits per heavy atom. The van der Waals surface area contributed by atoms with Crippen molar-refractivity contribution in [2.45, 2.75) is 0 Å². The minimum atomic E-state index is 0.209. The van der Waals surface area contributed by atoms with E-state index >= 15 is 0 Å². The Morgan fingerprint density at radius 1 is 1.15 bits per heavy atom. The lowest BCUT2D eigenvalue weighted by Gasteiger charge is -2.00. The first-order valence-electron chi connectivity index (χ1n) is 3.98. The van der Waals surface area contributed by atoms with E-state index in [4.69, 9.17) is 0 Å². The van der Waals surface area contributed by atoms with Crippen molar-refractivity contribution >= 4 is 17.1 Å². The summed E-state index contributed by atoms with van der Waals surface area (Å²) >= 11 is 0. The standard InChI is InChI=1S/C11H8O2/c12-7-8-4-5-9-2-1-3-11(13)10(9)6-8/h1-7,13H. The topological polar surface area (TPSA) is 37.3 Å². The molecule has 2 nitrogen and oxygen atoms in total. The number of phenols is 1. The van der Waals surface area contributed by atoms with Gasteiger partial charge in [0, 0.05) is 10.9 Å². The van der Waals surface area contributed by atoms with Crippen molar-refractivity contribution in [1.82, 2.24) is 0 Å². The Morgan fingerprint density at radius 3 is 2.77 bits per heavy atom. The molecule has 2 aromatic rings. The van der Waals surface area contributed by atoms with Gasteiger partial charge in [0.25, 0.3) is 0 Å². The third kappa shape index (κ3) is 1.26. The molecule has 0 aliphatic rings. The summed E-state index contributed by atoms with van der Waals surface area (Å²) in [5.74, 6) is 0.209. The number of hydrogen-bond donors (Lipinski definition) is 1. The van der Waals surface area contributed by atoms with Crippen LogP contribution in [0.25, 0.3) is 10.8 Å². The Labute approximate surface area is 75.4 Å². The van der Waals surface area contributed by atoms with E-state index in [1.807, 2.05) is 12.1 Å². The molecule has 2 heteroatoms. The zero-order chi connectivity index (χ0) is 9.26. The van der Waals surface area contributed by atoms with Gasteiger partial charge < -0.3 is 5.11 Å². The quantitative estimate of drug-likeness (QED) is 0.670. The summed E-state index contributed by atoms with van der Waals surface area (Å²) in [5, 5.41) is 11.1. The fourth-order valence-electron chi connectivity index (χ4n) is 1.35. The van der Waals surface area contributed by atoms with Crippen LogP contribution < -0.4 is 0 Å². The van der Waals surface area contributed by atoms with E-state index < -0.39 is 0 Å². The van der Waals surface area contributed by atoms with E-state index in [-0.39, 0.29) is 5.75 Å². The number of carbonyl (C=O) groups excluding carboxylic acids is 1. The zero-order valence-electron chi connectivity index (χ0n) is 6.90. The van der Waals surface area contributed by atoms with Crippen molar-refractivity contribution in [2.75, 3.05) is 0 Å². The van der Waals surface area contributed by atoms with Gasteiger partial charge >= 0.3 is 0 Å². The minimum Gasteiger partial charge on any atom is -0.507 e. The second kappa shape index (κ2) is 2.90. The monoisotopic (exact) mass is 172 g/mol. The first kappa shape index (κ1) is 7.80. The van der Waals surface area contributed by atoms with Crippen molar-refractivity contribution in [3.05, 3.63) is 42.0 Å². The van der Waals surface area contributed by atoms with Crippen molar-refractivity contribution in [1.29, 1.82) is 0 Å². The minimum absolute atomic E-state index is 0.209. The molecular weight excluding hydrogens is 164 g/mol. The smallest absolute Gasteiger partial charge is 0.150 e. The average Bonchev–Trinajstić information content (AvgIpc) is 2.18. The molecule has 13 heavy (non-hydrogen) atoms. The number of phenolic OH excluding ortho intramolecular Hbond substituents is 1. The number of aldehydes is 1. The molecule has 0 aliphatic heterocycles. The van der Waals surface area contributed by atoms with E-state index in [9.17, 15) is 9.90 Å². The molecule has 0 heterocycles. The summed E-state index contributed by atoms with van der Waals surface area (Å²) in [4.78, 5) is 10.5. The predicted molar refractivity (Wildman–Crippen MR) is 51.0 cm³/mol. The SMILES string of the molecule is O=Cc1ccc2cccc(O)c2c1. The molecule has 0 spiro atoms. The molecule has 2 rings (SSSR count). The van der Waals surface area contributed by atoms with Crippen molar-refractivity contribution in [3.63, 3.8) is 0 Å². The summed E-state index contributed by atoms with van der Waals surface area (Å²) in [5.41, 5.74) is 0.578. The fraction of sp³-hybridized carbons (Fsp3) is 0. The lowest BCUT2D eigenvalue weighted by molar-refractivity contribution is 0.112. The predicted octanol–water partition coefficient (Wildman–Crippen LogP) is 2.36. The van der Waals surface area contributed by atoms with Crippen LogP contribution in [0.1, 0.15) is 10.4 Å². The van der Waals surface area contributed by atoms with Crippen LogP contribution in [0.4, 0.5) is 0 Å². The third-order valence-corrected chi connectivity index (χ3v) is 2.02. The van der Waals surface area contributed by atoms with Crippen LogP contribution in [0.3, 0.4) is 0 Å². The molecule has 0 fully saturated rings. The van der Waals surface area contributed by atoms with Crippen molar-refractivity contribution < 1.29 is 9.90 Å². The molecule has 0 atom stereocenters. The van der Waals surface area contributed by atoms with Crippen LogP contribution in [0, 0.1) is 0 Å². The van der Waals surface area contributed by atoms with Gasteiger partial charge in [-0.1, -0.05) is 24.3 Å². The van der Waals surface area contributed by atoms with E-state index in [0.717, 1.165) is 11.7 Å². The Kier molecular flexibility index (Phi) is 1.74. The number of fused-ring (bicyclic) bond motifs is 1. The largest absolute Gasteiger partial charge is 0.507 e. The van der Waals surface area contributed by atoms with Crippen LogP contribution in [0.15, 0.2) is 36.4 Å². The molecule has 1 N–H and O–H groups in total. The molecule has 64 valence electrons. The number of aromatic hydroxyl groups is 1. The molecular formula is C11H8O2. The molecule has 0 radical (unpaired) electrons. The highest BCUT2D eigenvalue weighted by atomic mass is 16.3. The first-order chi connectivity index (χ1) is 6.31. The average molecular weight is 172 g/mol. The van der Waals surface area contributed by atoms with Gasteiger partial charge in [-0.3, -0.25) is 4.79 Å². The fourth-order valence-corrected chi connectivity index (χ4v) is 1.35. The summed E-state index contributed by atoms with van der Waals surface area (Å²) in [6.07, 6.45) is 0.770. The maximum atomic E-state index is 10.5. The molecule has 0 aliphatic carbocycles. The summed E-state index contributed by atoms with van der Waals surface area (Å²) in [6, 6.07) is 10.5. The highest BCUT2D eigenvalue weighted by Gasteiger charge is 1.99. The lowest BCUT2D eigenvalue weighted by atomic mass is 10.1. The molecule has 0 unspecified atom stereocenters. The number of benzene rings is 2. The highest BCUT2D eigenvalue weighted by molar-refractivity contribution is 5.92. The first-order valence-corrected chi connectivity index (χ1v) is 3.98. The molecule has 0 saturated carbocycles. The summed E-state index contributed by atoms with van der Waals surface area (Å²) in [7, 11) is 0. The van der Waals surface area contributed by atoms with Crippen LogP contribution in [-0.2, 0) is 0 Å². The van der Waals surface area contributed by atoms with Gasteiger partial charge in [0.15, 0.2) is 0 Å². The van der Waals surface area contributed by atoms with Crippen LogP contribution >= 0.6 is 0 Å². The summed E-state index contributed by atoms with van der Waals surface area (Å²) in [6.45, 7) is 0. The van der Waals surface area contributed by atoms with E-state index in [1.54, 1.807) is 24.3 Å². The molecule has 2 aromatic carbocycles. The van der Waals surface area contributed by atoms with Gasteiger partial charge in [-0.25, -0.2) is 0 Å². The Balaban J connectivity index is 2.81. The van der Waals surface area contributed by atoms with E-state index in [1.165, 1.54) is 0 Å². The van der Waals surface area contributed by atoms with E-state index in [0.29, 0.717) is 10.9 Å². The molecule has 0 amide bonds. The number of carbonyl (C=O) groups is 1. The summed E-state index contributed by atoms with van der Waals surface area (Å²) < 4.78 is 0. The van der Waals surface area contributed by atoms with Crippen LogP contribution in [0.2, 0.25) is 0 Å². The van der Waals surface area contributed by atoms with Gasteiger partial charge in [-0.15, -0.1) is 0 Å². The Hall–Kier alpha value is -1.83. The zero-order valence-corrected chi connectivity index (χ0v) is 6.90. The number of hydrogen-bond acceptors (Lipinski definition) is 2. The Bertz CT molecular complexity index is 461. The van der Waals surface area contributed by atoms with Gasteiger partial charge in [0.05, 0.1) is 0 Å². The van der Waals surface area contributed by atoms with Gasteiger partial charge in [0.1, 0.15) is 12.0 Å². The van der Waals surface area contributed by atoms with Crippen LogP contribution in [-0.4, -0.2) is 11.4 Å². The second-order valence-electron chi connectivity index (χ2n) is 2.88. The van der Waals surface area contributed by atoms with Gasteiger partial charge in [-0.2, -0.15) is 0 Å². The van der Waals surface area contributed by atoms with Gasteiger partial charge in [-0.05, 0) is 17.5 Å². The normalized spacial score (nSPS) is 10.2. The number of rotatable bonds is 1. The molecule has 0 saturated heterocycles. The van der Waals surface area contributed by atoms with Gasteiger partial charge in [0.2, 0.25) is 0 Å². The highest BCUT2D eigenvalue weighted by Crippen LogP contribution is 2.24. The maximum Gasteiger partial charge on any atom is 0.150 e. The maximum absolute atomic E-state index is 10.5. The lowest BCUT2D eigenvalue weighted by Crippen LogP contribution is -1.80. The molecule has 0 bridgehead atoms. The second-order valence-corrected chi connectivity index (χ2v) is 2.88. The van der Waals surface area contributed by atoms with Crippen molar-refractivity contribution in [2.24, 2.45) is 0 Å². The van der Waals surface area contributed by atoms with Crippen molar-refractivity contribution in [3.8, 4) is 5.75 Å². The van der Waals surface area contributed by atoms with E-state index in [2.05, 4.69) is 0 Å². The molecule has 0 aromatic heterocycles.